The molecule has 0 heterocycles. The molecule has 0 bridgehead atoms. The van der Waals surface area contributed by atoms with Gasteiger partial charge in [-0.15, -0.1) is 0 Å². The molecule has 106 valence electrons. The summed E-state index contributed by atoms with van der Waals surface area (Å²) in [5.41, 5.74) is 8.95. The summed E-state index contributed by atoms with van der Waals surface area (Å²) in [4.78, 5) is 12.1. The molecule has 0 aliphatic carbocycles. The van der Waals surface area contributed by atoms with Gasteiger partial charge in [0.05, 0.1) is 12.0 Å². The summed E-state index contributed by atoms with van der Waals surface area (Å²) in [5, 5.41) is 3.06. The first kappa shape index (κ1) is 15.7. The number of nitrogens with two attached hydrogens (primary N) is 1. The highest BCUT2D eigenvalue weighted by atomic mass is 16.1. The second-order valence-corrected chi connectivity index (χ2v) is 5.92. The van der Waals surface area contributed by atoms with E-state index in [2.05, 4.69) is 45.1 Å². The highest BCUT2D eigenvalue weighted by Crippen LogP contribution is 2.16. The van der Waals surface area contributed by atoms with E-state index in [4.69, 9.17) is 5.73 Å². The Morgan fingerprint density at radius 3 is 2.42 bits per heavy atom. The predicted molar refractivity (Wildman–Crippen MR) is 80.1 cm³/mol. The fraction of sp³-hybridized carbons (Fsp3) is 0.562. The number of nitrogens with one attached hydrogen (secondary N) is 1. The largest absolute Gasteiger partial charge is 0.349 e. The van der Waals surface area contributed by atoms with Gasteiger partial charge < -0.3 is 11.1 Å². The topological polar surface area (TPSA) is 55.1 Å². The minimum Gasteiger partial charge on any atom is -0.349 e. The van der Waals surface area contributed by atoms with Gasteiger partial charge in [0.25, 0.3) is 0 Å². The lowest BCUT2D eigenvalue weighted by Gasteiger charge is -2.33. The molecule has 1 rings (SSSR count). The van der Waals surface area contributed by atoms with E-state index in [-0.39, 0.29) is 11.4 Å². The summed E-state index contributed by atoms with van der Waals surface area (Å²) in [6.45, 7) is 10.7. The maximum absolute atomic E-state index is 12.1. The van der Waals surface area contributed by atoms with Crippen molar-refractivity contribution in [3.8, 4) is 0 Å². The molecule has 1 aromatic rings. The number of aryl methyl sites for hydroxylation is 2. The summed E-state index contributed by atoms with van der Waals surface area (Å²) in [6, 6.07) is 6.14. The molecule has 0 spiro atoms. The molecular weight excluding hydrogens is 236 g/mol. The molecule has 0 saturated carbocycles. The number of carbonyl (C=O) groups excluding carboxylic acids is 1. The van der Waals surface area contributed by atoms with Crippen molar-refractivity contribution >= 4 is 5.91 Å². The zero-order valence-corrected chi connectivity index (χ0v) is 12.7. The zero-order chi connectivity index (χ0) is 14.6. The Bertz CT molecular complexity index is 454. The standard InChI is InChI=1S/C16H26N2O/c1-11(2)16(5,10-17)18-15(19)9-14-7-6-12(3)13(4)8-14/h6-8,11H,9-10,17H2,1-5H3,(H,18,19). The van der Waals surface area contributed by atoms with Gasteiger partial charge in [-0.05, 0) is 43.4 Å². The summed E-state index contributed by atoms with van der Waals surface area (Å²) >= 11 is 0. The maximum atomic E-state index is 12.1. The summed E-state index contributed by atoms with van der Waals surface area (Å²) in [6.07, 6.45) is 0.406. The van der Waals surface area contributed by atoms with Crippen LogP contribution in [0.25, 0.3) is 0 Å². The molecule has 1 aromatic carbocycles. The highest BCUT2D eigenvalue weighted by molar-refractivity contribution is 5.79. The minimum absolute atomic E-state index is 0.0323. The van der Waals surface area contributed by atoms with E-state index in [1.165, 1.54) is 11.1 Å². The lowest BCUT2D eigenvalue weighted by atomic mass is 9.88. The number of benzene rings is 1. The fourth-order valence-electron chi connectivity index (χ4n) is 1.89. The van der Waals surface area contributed by atoms with Gasteiger partial charge in [-0.2, -0.15) is 0 Å². The average Bonchev–Trinajstić information content (AvgIpc) is 2.33. The van der Waals surface area contributed by atoms with Crippen LogP contribution in [-0.2, 0) is 11.2 Å². The average molecular weight is 262 g/mol. The van der Waals surface area contributed by atoms with Crippen LogP contribution < -0.4 is 11.1 Å². The van der Waals surface area contributed by atoms with Crippen molar-refractivity contribution in [2.45, 2.75) is 46.6 Å². The first-order chi connectivity index (χ1) is 8.78. The van der Waals surface area contributed by atoms with Gasteiger partial charge in [0, 0.05) is 6.54 Å². The Labute approximate surface area is 116 Å². The van der Waals surface area contributed by atoms with E-state index in [1.807, 2.05) is 13.0 Å². The molecule has 1 amide bonds. The van der Waals surface area contributed by atoms with Crippen LogP contribution in [0.15, 0.2) is 18.2 Å². The molecule has 0 aromatic heterocycles. The van der Waals surface area contributed by atoms with Crippen molar-refractivity contribution in [3.05, 3.63) is 34.9 Å². The van der Waals surface area contributed by atoms with Crippen LogP contribution in [0.5, 0.6) is 0 Å². The number of hydrogen-bond donors (Lipinski definition) is 2. The Morgan fingerprint density at radius 2 is 1.95 bits per heavy atom. The SMILES string of the molecule is Cc1ccc(CC(=O)NC(C)(CN)C(C)C)cc1C. The fourth-order valence-corrected chi connectivity index (χ4v) is 1.89. The van der Waals surface area contributed by atoms with Gasteiger partial charge in [-0.1, -0.05) is 32.0 Å². The molecule has 0 aliphatic heterocycles. The van der Waals surface area contributed by atoms with Crippen molar-refractivity contribution in [3.63, 3.8) is 0 Å². The van der Waals surface area contributed by atoms with Crippen LogP contribution in [-0.4, -0.2) is 18.0 Å². The number of carbonyl (C=O) groups is 1. The minimum atomic E-state index is -0.336. The maximum Gasteiger partial charge on any atom is 0.224 e. The van der Waals surface area contributed by atoms with Crippen LogP contribution >= 0.6 is 0 Å². The normalized spacial score (nSPS) is 14.3. The van der Waals surface area contributed by atoms with Crippen molar-refractivity contribution in [2.75, 3.05) is 6.54 Å². The van der Waals surface area contributed by atoms with Gasteiger partial charge in [0.15, 0.2) is 0 Å². The molecule has 19 heavy (non-hydrogen) atoms. The molecule has 0 radical (unpaired) electrons. The number of amides is 1. The lowest BCUT2D eigenvalue weighted by Crippen LogP contribution is -2.55. The molecule has 3 heteroatoms. The second-order valence-electron chi connectivity index (χ2n) is 5.92. The van der Waals surface area contributed by atoms with E-state index < -0.39 is 0 Å². The van der Waals surface area contributed by atoms with Crippen LogP contribution in [0.1, 0.15) is 37.5 Å². The summed E-state index contributed by atoms with van der Waals surface area (Å²) in [7, 11) is 0. The Kier molecular flexibility index (Phi) is 5.12. The molecular formula is C16H26N2O. The molecule has 3 nitrogen and oxygen atoms in total. The Morgan fingerprint density at radius 1 is 1.32 bits per heavy atom. The van der Waals surface area contributed by atoms with Gasteiger partial charge in [-0.25, -0.2) is 0 Å². The first-order valence-electron chi connectivity index (χ1n) is 6.85. The van der Waals surface area contributed by atoms with Crippen molar-refractivity contribution in [2.24, 2.45) is 11.7 Å². The van der Waals surface area contributed by atoms with Crippen LogP contribution in [0.4, 0.5) is 0 Å². The summed E-state index contributed by atoms with van der Waals surface area (Å²) < 4.78 is 0. The van der Waals surface area contributed by atoms with Crippen LogP contribution in [0.2, 0.25) is 0 Å². The van der Waals surface area contributed by atoms with Gasteiger partial charge in [-0.3, -0.25) is 4.79 Å². The van der Waals surface area contributed by atoms with Crippen LogP contribution in [0.3, 0.4) is 0 Å². The molecule has 0 fully saturated rings. The third-order valence-electron chi connectivity index (χ3n) is 4.06. The number of rotatable bonds is 5. The van der Waals surface area contributed by atoms with Crippen molar-refractivity contribution in [1.82, 2.24) is 5.32 Å². The van der Waals surface area contributed by atoms with Crippen molar-refractivity contribution in [1.29, 1.82) is 0 Å². The van der Waals surface area contributed by atoms with E-state index >= 15 is 0 Å². The molecule has 3 N–H and O–H groups in total. The number of hydrogen-bond acceptors (Lipinski definition) is 2. The molecule has 0 saturated heterocycles. The van der Waals surface area contributed by atoms with Gasteiger partial charge >= 0.3 is 0 Å². The monoisotopic (exact) mass is 262 g/mol. The second kappa shape index (κ2) is 6.20. The van der Waals surface area contributed by atoms with E-state index in [0.29, 0.717) is 18.9 Å². The quantitative estimate of drug-likeness (QED) is 0.855. The Balaban J connectivity index is 2.72. The molecule has 1 unspecified atom stereocenters. The summed E-state index contributed by atoms with van der Waals surface area (Å²) in [5.74, 6) is 0.339. The van der Waals surface area contributed by atoms with E-state index in [1.54, 1.807) is 0 Å². The molecule has 0 aliphatic rings. The third-order valence-corrected chi connectivity index (χ3v) is 4.06. The Hall–Kier alpha value is -1.35. The molecule has 1 atom stereocenters. The van der Waals surface area contributed by atoms with E-state index in [0.717, 1.165) is 5.56 Å². The smallest absolute Gasteiger partial charge is 0.224 e. The van der Waals surface area contributed by atoms with Crippen LogP contribution in [0, 0.1) is 19.8 Å². The van der Waals surface area contributed by atoms with Gasteiger partial charge in [0.1, 0.15) is 0 Å². The zero-order valence-electron chi connectivity index (χ0n) is 12.7. The highest BCUT2D eigenvalue weighted by Gasteiger charge is 2.28. The predicted octanol–water partition coefficient (Wildman–Crippen LogP) is 2.34. The van der Waals surface area contributed by atoms with Crippen molar-refractivity contribution < 1.29 is 4.79 Å². The first-order valence-corrected chi connectivity index (χ1v) is 6.85. The lowest BCUT2D eigenvalue weighted by molar-refractivity contribution is -0.122. The van der Waals surface area contributed by atoms with E-state index in [9.17, 15) is 4.79 Å². The van der Waals surface area contributed by atoms with Gasteiger partial charge in [0.2, 0.25) is 5.91 Å². The third kappa shape index (κ3) is 4.06.